The lowest BCUT2D eigenvalue weighted by atomic mass is 10.0. The number of hydrogen-bond donors (Lipinski definition) is 4. The van der Waals surface area contributed by atoms with Gasteiger partial charge in [-0.3, -0.25) is 9.59 Å². The monoisotopic (exact) mass is 528 g/mol. The van der Waals surface area contributed by atoms with Crippen LogP contribution < -0.4 is 21.3 Å². The van der Waals surface area contributed by atoms with E-state index in [1.807, 2.05) is 38.7 Å². The van der Waals surface area contributed by atoms with Gasteiger partial charge in [0.1, 0.15) is 11.6 Å². The van der Waals surface area contributed by atoms with Crippen molar-refractivity contribution in [1.82, 2.24) is 15.3 Å². The number of thiol groups is 1. The normalized spacial score (nSPS) is 16.2. The van der Waals surface area contributed by atoms with Crippen LogP contribution in [0.1, 0.15) is 74.7 Å². The maximum atomic E-state index is 13.5. The number of piperidine rings is 1. The van der Waals surface area contributed by atoms with Gasteiger partial charge in [0.15, 0.2) is 11.5 Å². The second-order valence-corrected chi connectivity index (χ2v) is 9.01. The van der Waals surface area contributed by atoms with Crippen molar-refractivity contribution in [1.29, 1.82) is 0 Å². The molecule has 8 nitrogen and oxygen atoms in total. The molecule has 10 heteroatoms. The van der Waals surface area contributed by atoms with E-state index in [1.165, 1.54) is 30.0 Å². The van der Waals surface area contributed by atoms with Crippen molar-refractivity contribution >= 4 is 36.1 Å². The molecule has 1 aromatic carbocycles. The number of hydrogen-bond acceptors (Lipinski definition) is 7. The molecule has 1 aliphatic rings. The standard InChI is InChI=1S/C25H31FN6O2S.C2H6/c1-4-15(2)16(3)11-21(35)31-24-22(23(27)33)28-13-20(30-24)32-10-6-9-19(14-32)29-25(34)17-7-5-8-18(26)12-17;1-2/h5,7-8,11-13,19,35H,4,6,9-10,14H2,1-3H3,(H2,27,33)(H,29,34)(H,30,31);1-2H3/b16-15?,21-11-;/t19-;/m1./s1. The van der Waals surface area contributed by atoms with Gasteiger partial charge in [0.05, 0.1) is 11.2 Å². The van der Waals surface area contributed by atoms with E-state index >= 15 is 0 Å². The highest BCUT2D eigenvalue weighted by atomic mass is 32.1. The zero-order valence-electron chi connectivity index (χ0n) is 22.1. The Morgan fingerprint density at radius 2 is 2.03 bits per heavy atom. The van der Waals surface area contributed by atoms with Crippen LogP contribution in [-0.4, -0.2) is 40.9 Å². The van der Waals surface area contributed by atoms with Gasteiger partial charge in [-0.1, -0.05) is 32.4 Å². The van der Waals surface area contributed by atoms with Crippen LogP contribution in [0.15, 0.2) is 52.7 Å². The largest absolute Gasteiger partial charge is 0.364 e. The van der Waals surface area contributed by atoms with Gasteiger partial charge in [-0.15, -0.1) is 12.6 Å². The number of primary amides is 1. The van der Waals surface area contributed by atoms with E-state index in [9.17, 15) is 14.0 Å². The van der Waals surface area contributed by atoms with E-state index in [2.05, 4.69) is 40.2 Å². The topological polar surface area (TPSA) is 113 Å². The molecular weight excluding hydrogens is 491 g/mol. The van der Waals surface area contributed by atoms with Crippen molar-refractivity contribution in [3.63, 3.8) is 0 Å². The summed E-state index contributed by atoms with van der Waals surface area (Å²) in [7, 11) is 0. The smallest absolute Gasteiger partial charge is 0.271 e. The van der Waals surface area contributed by atoms with Crippen LogP contribution in [-0.2, 0) is 0 Å². The first-order valence-corrected chi connectivity index (χ1v) is 12.9. The molecule has 37 heavy (non-hydrogen) atoms. The molecule has 1 atom stereocenters. The molecule has 0 aliphatic carbocycles. The third kappa shape index (κ3) is 8.59. The Balaban J connectivity index is 0.00000235. The van der Waals surface area contributed by atoms with Crippen molar-refractivity contribution in [3.05, 3.63) is 69.8 Å². The van der Waals surface area contributed by atoms with Crippen molar-refractivity contribution in [3.8, 4) is 0 Å². The number of nitrogens with one attached hydrogen (secondary N) is 2. The maximum absolute atomic E-state index is 13.5. The summed E-state index contributed by atoms with van der Waals surface area (Å²) in [4.78, 5) is 35.3. The van der Waals surface area contributed by atoms with Crippen LogP contribution in [0.4, 0.5) is 16.0 Å². The third-order valence-corrected chi connectivity index (χ3v) is 6.20. The van der Waals surface area contributed by atoms with Gasteiger partial charge in [-0.2, -0.15) is 0 Å². The number of carbonyl (C=O) groups excluding carboxylic acids is 2. The van der Waals surface area contributed by atoms with Gasteiger partial charge in [0, 0.05) is 24.7 Å². The first-order chi connectivity index (χ1) is 17.7. The zero-order valence-corrected chi connectivity index (χ0v) is 23.0. The van der Waals surface area contributed by atoms with Crippen LogP contribution in [0.25, 0.3) is 0 Å². The molecule has 0 saturated carbocycles. The van der Waals surface area contributed by atoms with Crippen LogP contribution in [0.3, 0.4) is 0 Å². The number of benzene rings is 1. The van der Waals surface area contributed by atoms with Gasteiger partial charge in [0.2, 0.25) is 0 Å². The number of aromatic nitrogens is 2. The number of amides is 2. The van der Waals surface area contributed by atoms with E-state index in [0.717, 1.165) is 24.8 Å². The van der Waals surface area contributed by atoms with Crippen molar-refractivity contribution in [2.75, 3.05) is 23.3 Å². The fourth-order valence-electron chi connectivity index (χ4n) is 3.77. The molecular formula is C27H37FN6O2S. The van der Waals surface area contributed by atoms with Crippen molar-refractivity contribution in [2.45, 2.75) is 59.9 Å². The SMILES string of the molecule is CC.CCC(C)=C(C)/C=C(\S)Nc1nc(N2CCC[C@@H](NC(=O)c3cccc(F)c3)C2)cnc1C(N)=O. The van der Waals surface area contributed by atoms with Gasteiger partial charge in [-0.05, 0) is 63.0 Å². The minimum atomic E-state index is -0.705. The number of carbonyl (C=O) groups is 2. The lowest BCUT2D eigenvalue weighted by Gasteiger charge is -2.34. The van der Waals surface area contributed by atoms with Crippen LogP contribution in [0, 0.1) is 5.82 Å². The van der Waals surface area contributed by atoms with E-state index in [4.69, 9.17) is 5.73 Å². The van der Waals surface area contributed by atoms with Crippen LogP contribution in [0.5, 0.6) is 0 Å². The average Bonchev–Trinajstić information content (AvgIpc) is 2.89. The average molecular weight is 529 g/mol. The fourth-order valence-corrected chi connectivity index (χ4v) is 4.07. The minimum absolute atomic E-state index is 0.00973. The molecule has 3 rings (SSSR count). The Morgan fingerprint density at radius 3 is 2.68 bits per heavy atom. The summed E-state index contributed by atoms with van der Waals surface area (Å²) in [6.45, 7) is 11.3. The number of halogens is 1. The maximum Gasteiger partial charge on any atom is 0.271 e. The van der Waals surface area contributed by atoms with Crippen LogP contribution in [0.2, 0.25) is 0 Å². The summed E-state index contributed by atoms with van der Waals surface area (Å²) < 4.78 is 13.5. The van der Waals surface area contributed by atoms with Gasteiger partial charge in [0.25, 0.3) is 11.8 Å². The Hall–Kier alpha value is -3.40. The van der Waals surface area contributed by atoms with Crippen molar-refractivity contribution in [2.24, 2.45) is 5.73 Å². The Morgan fingerprint density at radius 1 is 1.30 bits per heavy atom. The Bertz CT molecular complexity index is 1170. The summed E-state index contributed by atoms with van der Waals surface area (Å²) in [6.07, 6.45) is 5.86. The van der Waals surface area contributed by atoms with E-state index < -0.39 is 11.7 Å². The molecule has 2 aromatic rings. The molecule has 1 saturated heterocycles. The fraction of sp³-hybridized carbons (Fsp3) is 0.407. The summed E-state index contributed by atoms with van der Waals surface area (Å²) in [5.41, 5.74) is 8.07. The summed E-state index contributed by atoms with van der Waals surface area (Å²) >= 11 is 4.49. The molecule has 200 valence electrons. The van der Waals surface area contributed by atoms with Crippen molar-refractivity contribution < 1.29 is 14.0 Å². The quantitative estimate of drug-likeness (QED) is 0.281. The number of nitrogens with two attached hydrogens (primary N) is 1. The Kier molecular flexibility index (Phi) is 11.6. The Labute approximate surface area is 224 Å². The van der Waals surface area contributed by atoms with Gasteiger partial charge >= 0.3 is 0 Å². The lowest BCUT2D eigenvalue weighted by molar-refractivity contribution is 0.0931. The third-order valence-electron chi connectivity index (χ3n) is 5.96. The summed E-state index contributed by atoms with van der Waals surface area (Å²) in [5.74, 6) is -0.738. The molecule has 1 aromatic heterocycles. The minimum Gasteiger partial charge on any atom is -0.364 e. The second kappa shape index (κ2) is 14.4. The van der Waals surface area contributed by atoms with Gasteiger partial charge < -0.3 is 21.3 Å². The molecule has 0 radical (unpaired) electrons. The predicted octanol–water partition coefficient (Wildman–Crippen LogP) is 5.07. The predicted molar refractivity (Wildman–Crippen MR) is 150 cm³/mol. The molecule has 0 spiro atoms. The molecule has 2 heterocycles. The number of nitrogens with zero attached hydrogens (tertiary/aromatic N) is 3. The number of rotatable bonds is 8. The summed E-state index contributed by atoms with van der Waals surface area (Å²) in [5, 5.41) is 6.50. The van der Waals surface area contributed by atoms with Gasteiger partial charge in [-0.25, -0.2) is 14.4 Å². The highest BCUT2D eigenvalue weighted by Crippen LogP contribution is 2.23. The highest BCUT2D eigenvalue weighted by Gasteiger charge is 2.24. The van der Waals surface area contributed by atoms with E-state index in [1.54, 1.807) is 6.07 Å². The first-order valence-electron chi connectivity index (χ1n) is 12.5. The molecule has 2 amide bonds. The van der Waals surface area contributed by atoms with Crippen LogP contribution >= 0.6 is 12.6 Å². The molecule has 0 bridgehead atoms. The molecule has 1 fully saturated rings. The first kappa shape index (κ1) is 29.8. The number of anilines is 2. The molecule has 4 N–H and O–H groups in total. The zero-order chi connectivity index (χ0) is 27.5. The molecule has 0 unspecified atom stereocenters. The lowest BCUT2D eigenvalue weighted by Crippen LogP contribution is -2.48. The number of allylic oxidation sites excluding steroid dienone is 3. The summed E-state index contributed by atoms with van der Waals surface area (Å²) in [6, 6.07) is 5.44. The molecule has 1 aliphatic heterocycles. The van der Waals surface area contributed by atoms with E-state index in [0.29, 0.717) is 23.9 Å². The second-order valence-electron chi connectivity index (χ2n) is 8.53. The van der Waals surface area contributed by atoms with E-state index in [-0.39, 0.29) is 29.0 Å². The highest BCUT2D eigenvalue weighted by molar-refractivity contribution is 7.84.